The van der Waals surface area contributed by atoms with Gasteiger partial charge in [-0.2, -0.15) is 23.5 Å². The SMILES string of the molecule is Cc1sc(NCC2CSCCS2)nc1C(=O)O. The van der Waals surface area contributed by atoms with E-state index in [9.17, 15) is 4.79 Å². The number of nitrogens with one attached hydrogen (secondary N) is 1. The van der Waals surface area contributed by atoms with E-state index in [2.05, 4.69) is 10.3 Å². The van der Waals surface area contributed by atoms with Crippen molar-refractivity contribution in [1.82, 2.24) is 4.98 Å². The van der Waals surface area contributed by atoms with Gasteiger partial charge in [-0.3, -0.25) is 0 Å². The summed E-state index contributed by atoms with van der Waals surface area (Å²) in [5, 5.41) is 13.5. The maximum absolute atomic E-state index is 10.8. The first-order chi connectivity index (χ1) is 8.16. The fourth-order valence-electron chi connectivity index (χ4n) is 1.53. The number of aromatic nitrogens is 1. The van der Waals surface area contributed by atoms with Crippen LogP contribution in [0.25, 0.3) is 0 Å². The van der Waals surface area contributed by atoms with Crippen molar-refractivity contribution in [1.29, 1.82) is 0 Å². The van der Waals surface area contributed by atoms with E-state index in [-0.39, 0.29) is 5.69 Å². The van der Waals surface area contributed by atoms with E-state index in [4.69, 9.17) is 5.11 Å². The Morgan fingerprint density at radius 3 is 3.00 bits per heavy atom. The van der Waals surface area contributed by atoms with Gasteiger partial charge in [0, 0.05) is 33.9 Å². The molecular formula is C10H14N2O2S3. The van der Waals surface area contributed by atoms with Crippen LogP contribution in [0.3, 0.4) is 0 Å². The van der Waals surface area contributed by atoms with Gasteiger partial charge in [-0.1, -0.05) is 0 Å². The van der Waals surface area contributed by atoms with Crippen molar-refractivity contribution in [3.05, 3.63) is 10.6 Å². The van der Waals surface area contributed by atoms with Crippen LogP contribution in [0.4, 0.5) is 5.13 Å². The molecule has 2 rings (SSSR count). The molecule has 7 heteroatoms. The summed E-state index contributed by atoms with van der Waals surface area (Å²) < 4.78 is 0. The molecular weight excluding hydrogens is 276 g/mol. The van der Waals surface area contributed by atoms with E-state index in [1.54, 1.807) is 6.92 Å². The molecule has 1 saturated heterocycles. The van der Waals surface area contributed by atoms with Crippen molar-refractivity contribution in [2.45, 2.75) is 12.2 Å². The van der Waals surface area contributed by atoms with E-state index < -0.39 is 5.97 Å². The summed E-state index contributed by atoms with van der Waals surface area (Å²) >= 11 is 5.37. The Morgan fingerprint density at radius 1 is 1.59 bits per heavy atom. The minimum atomic E-state index is -0.950. The number of aromatic carboxylic acids is 1. The maximum Gasteiger partial charge on any atom is 0.355 e. The molecule has 2 N–H and O–H groups in total. The van der Waals surface area contributed by atoms with Gasteiger partial charge in [-0.25, -0.2) is 9.78 Å². The van der Waals surface area contributed by atoms with Gasteiger partial charge < -0.3 is 10.4 Å². The number of aryl methyl sites for hydroxylation is 1. The molecule has 4 nitrogen and oxygen atoms in total. The minimum Gasteiger partial charge on any atom is -0.476 e. The highest BCUT2D eigenvalue weighted by atomic mass is 32.2. The quantitative estimate of drug-likeness (QED) is 0.888. The van der Waals surface area contributed by atoms with Crippen LogP contribution in [-0.2, 0) is 0 Å². The average molecular weight is 290 g/mol. The normalized spacial score (nSPS) is 20.2. The van der Waals surface area contributed by atoms with Gasteiger partial charge in [0.1, 0.15) is 0 Å². The summed E-state index contributed by atoms with van der Waals surface area (Å²) in [6.45, 7) is 2.65. The van der Waals surface area contributed by atoms with Gasteiger partial charge in [-0.05, 0) is 6.92 Å². The molecule has 0 spiro atoms. The maximum atomic E-state index is 10.8. The summed E-state index contributed by atoms with van der Waals surface area (Å²) in [6.07, 6.45) is 0. The lowest BCUT2D eigenvalue weighted by atomic mass is 10.4. The Balaban J connectivity index is 1.90. The number of carboxylic acid groups (broad SMARTS) is 1. The van der Waals surface area contributed by atoms with Gasteiger partial charge in [0.25, 0.3) is 0 Å². The van der Waals surface area contributed by atoms with Crippen LogP contribution in [0.2, 0.25) is 0 Å². The molecule has 0 aliphatic carbocycles. The third-order valence-electron chi connectivity index (χ3n) is 2.37. The Hall–Kier alpha value is -0.400. The summed E-state index contributed by atoms with van der Waals surface area (Å²) in [4.78, 5) is 15.7. The molecule has 1 aliphatic rings. The van der Waals surface area contributed by atoms with Crippen molar-refractivity contribution in [2.75, 3.05) is 29.1 Å². The van der Waals surface area contributed by atoms with Gasteiger partial charge in [-0.15, -0.1) is 11.3 Å². The molecule has 0 bridgehead atoms. The van der Waals surface area contributed by atoms with E-state index in [1.165, 1.54) is 22.8 Å². The standard InChI is InChI=1S/C10H14N2O2S3/c1-6-8(9(13)14)12-10(17-6)11-4-7-5-15-2-3-16-7/h7H,2-5H2,1H3,(H,11,12)(H,13,14). The van der Waals surface area contributed by atoms with Crippen molar-refractivity contribution < 1.29 is 9.90 Å². The molecule has 0 aromatic carbocycles. The van der Waals surface area contributed by atoms with Crippen LogP contribution in [0, 0.1) is 6.92 Å². The first-order valence-corrected chi connectivity index (χ1v) is 8.32. The molecule has 1 unspecified atom stereocenters. The van der Waals surface area contributed by atoms with Gasteiger partial charge in [0.2, 0.25) is 0 Å². The molecule has 94 valence electrons. The molecule has 17 heavy (non-hydrogen) atoms. The Bertz CT molecular complexity index is 402. The zero-order valence-corrected chi connectivity index (χ0v) is 11.9. The molecule has 1 atom stereocenters. The first kappa shape index (κ1) is 13.0. The van der Waals surface area contributed by atoms with Crippen LogP contribution in [-0.4, -0.2) is 45.1 Å². The largest absolute Gasteiger partial charge is 0.476 e. The highest BCUT2D eigenvalue weighted by Crippen LogP contribution is 2.26. The Labute approximate surface area is 113 Å². The second-order valence-electron chi connectivity index (χ2n) is 3.68. The number of carbonyl (C=O) groups is 1. The number of hydrogen-bond donors (Lipinski definition) is 2. The third-order valence-corrected chi connectivity index (χ3v) is 6.14. The molecule has 0 saturated carbocycles. The summed E-state index contributed by atoms with van der Waals surface area (Å²) in [5.74, 6) is 2.65. The van der Waals surface area contributed by atoms with Gasteiger partial charge >= 0.3 is 5.97 Å². The molecule has 1 aromatic heterocycles. The Kier molecular flexibility index (Phi) is 4.58. The smallest absolute Gasteiger partial charge is 0.355 e. The average Bonchev–Trinajstić information content (AvgIpc) is 2.69. The van der Waals surface area contributed by atoms with Crippen molar-refractivity contribution in [3.63, 3.8) is 0 Å². The van der Waals surface area contributed by atoms with Crippen LogP contribution < -0.4 is 5.32 Å². The number of hydrogen-bond acceptors (Lipinski definition) is 6. The van der Waals surface area contributed by atoms with Crippen LogP contribution in [0.15, 0.2) is 0 Å². The predicted octanol–water partition coefficient (Wildman–Crippen LogP) is 2.41. The second kappa shape index (κ2) is 5.97. The second-order valence-corrected chi connectivity index (χ2v) is 7.44. The number of thioether (sulfide) groups is 2. The molecule has 1 aromatic rings. The summed E-state index contributed by atoms with van der Waals surface area (Å²) in [6, 6.07) is 0. The number of rotatable bonds is 4. The highest BCUT2D eigenvalue weighted by molar-refractivity contribution is 8.06. The van der Waals surface area contributed by atoms with Crippen LogP contribution in [0.1, 0.15) is 15.4 Å². The lowest BCUT2D eigenvalue weighted by molar-refractivity contribution is 0.0690. The molecule has 2 heterocycles. The highest BCUT2D eigenvalue weighted by Gasteiger charge is 2.17. The summed E-state index contributed by atoms with van der Waals surface area (Å²) in [5.41, 5.74) is 0.170. The topological polar surface area (TPSA) is 62.2 Å². The molecule has 0 amide bonds. The van der Waals surface area contributed by atoms with E-state index in [0.29, 0.717) is 5.25 Å². The molecule has 0 radical (unpaired) electrons. The van der Waals surface area contributed by atoms with E-state index in [0.717, 1.165) is 22.3 Å². The lowest BCUT2D eigenvalue weighted by Crippen LogP contribution is -2.23. The van der Waals surface area contributed by atoms with Gasteiger partial charge in [0.05, 0.1) is 0 Å². The van der Waals surface area contributed by atoms with Crippen LogP contribution in [0.5, 0.6) is 0 Å². The van der Waals surface area contributed by atoms with Crippen molar-refractivity contribution >= 4 is 46.0 Å². The monoisotopic (exact) mass is 290 g/mol. The zero-order chi connectivity index (χ0) is 12.3. The fraction of sp³-hybridized carbons (Fsp3) is 0.600. The fourth-order valence-corrected chi connectivity index (χ4v) is 4.95. The van der Waals surface area contributed by atoms with Crippen molar-refractivity contribution in [3.8, 4) is 0 Å². The minimum absolute atomic E-state index is 0.170. The first-order valence-electron chi connectivity index (χ1n) is 5.30. The summed E-state index contributed by atoms with van der Waals surface area (Å²) in [7, 11) is 0. The third kappa shape index (κ3) is 3.53. The predicted molar refractivity (Wildman–Crippen MR) is 75.9 cm³/mol. The number of carboxylic acids is 1. The lowest BCUT2D eigenvalue weighted by Gasteiger charge is -2.20. The number of nitrogens with zero attached hydrogens (tertiary/aromatic N) is 1. The van der Waals surface area contributed by atoms with Crippen molar-refractivity contribution in [2.24, 2.45) is 0 Å². The van der Waals surface area contributed by atoms with E-state index in [1.807, 2.05) is 23.5 Å². The molecule has 1 fully saturated rings. The zero-order valence-electron chi connectivity index (χ0n) is 9.43. The number of thiazole rings is 1. The molecule has 1 aliphatic heterocycles. The van der Waals surface area contributed by atoms with Crippen LogP contribution >= 0.6 is 34.9 Å². The van der Waals surface area contributed by atoms with Gasteiger partial charge in [0.15, 0.2) is 10.8 Å². The Morgan fingerprint density at radius 2 is 2.41 bits per heavy atom. The van der Waals surface area contributed by atoms with E-state index >= 15 is 0 Å². The number of anilines is 1.